The van der Waals surface area contributed by atoms with Crippen molar-refractivity contribution in [3.8, 4) is 5.75 Å². The minimum absolute atomic E-state index is 0. The van der Waals surface area contributed by atoms with Crippen molar-refractivity contribution in [1.29, 1.82) is 0 Å². The molecule has 0 aliphatic carbocycles. The summed E-state index contributed by atoms with van der Waals surface area (Å²) in [7, 11) is 0. The molecule has 0 aliphatic rings. The van der Waals surface area contributed by atoms with Gasteiger partial charge in [0.2, 0.25) is 5.60 Å². The SMILES string of the molecule is CC(C)CC(CC(C)C)(Oc1ccccc1)C(=O)O.[AlH3]. The predicted molar refractivity (Wildman–Crippen MR) is 86.3 cm³/mol. The summed E-state index contributed by atoms with van der Waals surface area (Å²) in [6.45, 7) is 8.08. The number of rotatable bonds is 7. The van der Waals surface area contributed by atoms with Gasteiger partial charge in [-0.15, -0.1) is 0 Å². The third-order valence-corrected chi connectivity index (χ3v) is 2.92. The Hall–Kier alpha value is -0.978. The van der Waals surface area contributed by atoms with Crippen molar-refractivity contribution < 1.29 is 14.6 Å². The molecule has 20 heavy (non-hydrogen) atoms. The Morgan fingerprint density at radius 2 is 1.55 bits per heavy atom. The topological polar surface area (TPSA) is 46.5 Å². The first-order chi connectivity index (χ1) is 8.85. The fourth-order valence-electron chi connectivity index (χ4n) is 2.42. The van der Waals surface area contributed by atoms with E-state index in [1.165, 1.54) is 0 Å². The van der Waals surface area contributed by atoms with Crippen LogP contribution in [0, 0.1) is 11.8 Å². The third kappa shape index (κ3) is 5.57. The fourth-order valence-corrected chi connectivity index (χ4v) is 2.42. The smallest absolute Gasteiger partial charge is 0.348 e. The van der Waals surface area contributed by atoms with E-state index in [1.54, 1.807) is 12.1 Å². The largest absolute Gasteiger partial charge is 0.478 e. The van der Waals surface area contributed by atoms with Crippen LogP contribution in [0.25, 0.3) is 0 Å². The van der Waals surface area contributed by atoms with Gasteiger partial charge in [-0.1, -0.05) is 45.9 Å². The summed E-state index contributed by atoms with van der Waals surface area (Å²) in [6.07, 6.45) is 1.02. The zero-order valence-electron chi connectivity index (χ0n) is 12.2. The first kappa shape index (κ1) is 19.0. The van der Waals surface area contributed by atoms with Crippen LogP contribution in [-0.2, 0) is 4.79 Å². The average Bonchev–Trinajstić information content (AvgIpc) is 2.27. The van der Waals surface area contributed by atoms with Crippen LogP contribution in [0.4, 0.5) is 0 Å². The van der Waals surface area contributed by atoms with Gasteiger partial charge >= 0.3 is 5.97 Å². The molecule has 1 aromatic carbocycles. The number of benzene rings is 1. The first-order valence-electron chi connectivity index (χ1n) is 6.83. The van der Waals surface area contributed by atoms with Crippen LogP contribution >= 0.6 is 0 Å². The van der Waals surface area contributed by atoms with E-state index >= 15 is 0 Å². The van der Waals surface area contributed by atoms with E-state index < -0.39 is 11.6 Å². The van der Waals surface area contributed by atoms with Gasteiger partial charge in [-0.3, -0.25) is 0 Å². The van der Waals surface area contributed by atoms with Crippen molar-refractivity contribution in [2.24, 2.45) is 11.8 Å². The standard InChI is InChI=1S/C16H24O3.Al.3H/c1-12(2)10-16(15(17)18,11-13(3)4)19-14-8-6-5-7-9-14;;;;/h5-9,12-13H,10-11H2,1-4H3,(H,17,18);;;;. The van der Waals surface area contributed by atoms with Crippen LogP contribution in [0.2, 0.25) is 0 Å². The second-order valence-corrected chi connectivity index (χ2v) is 5.91. The molecule has 0 aromatic heterocycles. The molecule has 0 saturated heterocycles. The molecule has 1 N–H and O–H groups in total. The maximum atomic E-state index is 11.8. The molecule has 0 fully saturated rings. The Morgan fingerprint density at radius 3 is 1.90 bits per heavy atom. The second kappa shape index (κ2) is 8.34. The van der Waals surface area contributed by atoms with Gasteiger partial charge in [-0.25, -0.2) is 4.79 Å². The summed E-state index contributed by atoms with van der Waals surface area (Å²) in [5.41, 5.74) is -1.14. The molecule has 0 bridgehead atoms. The summed E-state index contributed by atoms with van der Waals surface area (Å²) in [5.74, 6) is 0.266. The molecule has 0 aliphatic heterocycles. The van der Waals surface area contributed by atoms with E-state index in [-0.39, 0.29) is 29.2 Å². The fraction of sp³-hybridized carbons (Fsp3) is 0.562. The van der Waals surface area contributed by atoms with Gasteiger partial charge in [0.15, 0.2) is 17.4 Å². The van der Waals surface area contributed by atoms with Gasteiger partial charge in [-0.05, 0) is 24.0 Å². The number of carbonyl (C=O) groups is 1. The molecule has 0 atom stereocenters. The Labute approximate surface area is 132 Å². The van der Waals surface area contributed by atoms with Gasteiger partial charge in [0, 0.05) is 12.8 Å². The van der Waals surface area contributed by atoms with Crippen molar-refractivity contribution >= 4 is 23.3 Å². The Kier molecular flexibility index (Phi) is 7.93. The molecule has 1 aromatic rings. The monoisotopic (exact) mass is 294 g/mol. The van der Waals surface area contributed by atoms with Crippen LogP contribution in [0.5, 0.6) is 5.75 Å². The van der Waals surface area contributed by atoms with E-state index in [0.29, 0.717) is 18.6 Å². The van der Waals surface area contributed by atoms with Gasteiger partial charge in [0.25, 0.3) is 0 Å². The number of aliphatic carboxylic acids is 1. The lowest BCUT2D eigenvalue weighted by Gasteiger charge is -2.33. The normalized spacial score (nSPS) is 11.3. The number of carboxylic acid groups (broad SMARTS) is 1. The highest BCUT2D eigenvalue weighted by Crippen LogP contribution is 2.31. The predicted octanol–water partition coefficient (Wildman–Crippen LogP) is 2.80. The third-order valence-electron chi connectivity index (χ3n) is 2.92. The lowest BCUT2D eigenvalue weighted by molar-refractivity contribution is -0.158. The van der Waals surface area contributed by atoms with E-state index in [2.05, 4.69) is 0 Å². The molecule has 0 radical (unpaired) electrons. The second-order valence-electron chi connectivity index (χ2n) is 5.91. The van der Waals surface area contributed by atoms with E-state index in [0.717, 1.165) is 0 Å². The maximum Gasteiger partial charge on any atom is 0.348 e. The van der Waals surface area contributed by atoms with E-state index in [4.69, 9.17) is 4.74 Å². The van der Waals surface area contributed by atoms with Gasteiger partial charge in [-0.2, -0.15) is 0 Å². The molecule has 1 rings (SSSR count). The number of para-hydroxylation sites is 1. The van der Waals surface area contributed by atoms with Crippen molar-refractivity contribution in [3.63, 3.8) is 0 Å². The van der Waals surface area contributed by atoms with Crippen molar-refractivity contribution in [2.45, 2.75) is 46.1 Å². The first-order valence-corrected chi connectivity index (χ1v) is 6.83. The van der Waals surface area contributed by atoms with Crippen molar-refractivity contribution in [3.05, 3.63) is 30.3 Å². The quantitative estimate of drug-likeness (QED) is 0.787. The Bertz CT molecular complexity index is 391. The molecule has 0 amide bonds. The molecule has 112 valence electrons. The molecular weight excluding hydrogens is 267 g/mol. The molecule has 0 heterocycles. The number of ether oxygens (including phenoxy) is 1. The average molecular weight is 294 g/mol. The highest BCUT2D eigenvalue weighted by Gasteiger charge is 2.42. The van der Waals surface area contributed by atoms with E-state index in [9.17, 15) is 9.90 Å². The zero-order valence-corrected chi connectivity index (χ0v) is 12.2. The highest BCUT2D eigenvalue weighted by atomic mass is 27.0. The Balaban J connectivity index is 0.00000361. The summed E-state index contributed by atoms with van der Waals surface area (Å²) in [6, 6.07) is 9.20. The Morgan fingerprint density at radius 1 is 1.10 bits per heavy atom. The lowest BCUT2D eigenvalue weighted by atomic mass is 9.84. The van der Waals surface area contributed by atoms with Crippen LogP contribution in [-0.4, -0.2) is 34.0 Å². The molecule has 3 nitrogen and oxygen atoms in total. The number of hydrogen-bond acceptors (Lipinski definition) is 2. The van der Waals surface area contributed by atoms with Gasteiger partial charge in [0.1, 0.15) is 5.75 Å². The molecule has 0 saturated carbocycles. The highest BCUT2D eigenvalue weighted by molar-refractivity contribution is 5.78. The van der Waals surface area contributed by atoms with Crippen LogP contribution in [0.15, 0.2) is 30.3 Å². The van der Waals surface area contributed by atoms with Gasteiger partial charge < -0.3 is 9.84 Å². The minimum Gasteiger partial charge on any atom is -0.478 e. The maximum absolute atomic E-state index is 11.8. The molecule has 0 spiro atoms. The van der Waals surface area contributed by atoms with Crippen molar-refractivity contribution in [2.75, 3.05) is 0 Å². The summed E-state index contributed by atoms with van der Waals surface area (Å²) < 4.78 is 5.89. The van der Waals surface area contributed by atoms with Crippen LogP contribution < -0.4 is 4.74 Å². The lowest BCUT2D eigenvalue weighted by Crippen LogP contribution is -2.46. The minimum atomic E-state index is -1.14. The molecule has 4 heteroatoms. The molecule has 0 unspecified atom stereocenters. The zero-order chi connectivity index (χ0) is 14.5. The van der Waals surface area contributed by atoms with Crippen molar-refractivity contribution in [1.82, 2.24) is 0 Å². The summed E-state index contributed by atoms with van der Waals surface area (Å²) >= 11 is 0. The van der Waals surface area contributed by atoms with Crippen LogP contribution in [0.3, 0.4) is 0 Å². The van der Waals surface area contributed by atoms with Gasteiger partial charge in [0.05, 0.1) is 0 Å². The number of hydrogen-bond donors (Lipinski definition) is 1. The molecular formula is C16H27AlO3. The number of carboxylic acids is 1. The van der Waals surface area contributed by atoms with Crippen LogP contribution in [0.1, 0.15) is 40.5 Å². The van der Waals surface area contributed by atoms with E-state index in [1.807, 2.05) is 45.9 Å². The summed E-state index contributed by atoms with van der Waals surface area (Å²) in [4.78, 5) is 11.8. The summed E-state index contributed by atoms with van der Waals surface area (Å²) in [5, 5.41) is 9.66.